The maximum Gasteiger partial charge on any atom is 0.433 e. The van der Waals surface area contributed by atoms with Crippen LogP contribution in [0.15, 0.2) is 65.5 Å². The summed E-state index contributed by atoms with van der Waals surface area (Å²) in [5, 5.41) is 4.73. The molecule has 2 aliphatic heterocycles. The van der Waals surface area contributed by atoms with E-state index >= 15 is 0 Å². The molecular weight excluding hydrogens is 648 g/mol. The van der Waals surface area contributed by atoms with Gasteiger partial charge in [0.15, 0.2) is 0 Å². The molecule has 0 spiro atoms. The van der Waals surface area contributed by atoms with Crippen molar-refractivity contribution in [1.29, 1.82) is 0 Å². The number of aryl methyl sites for hydroxylation is 1. The number of rotatable bonds is 9. The third kappa shape index (κ3) is 6.10. The molecule has 0 unspecified atom stereocenters. The number of hydrogen-bond acceptors (Lipinski definition) is 8. The zero-order valence-corrected chi connectivity index (χ0v) is 26.8. The van der Waals surface area contributed by atoms with Gasteiger partial charge in [-0.3, -0.25) is 14.5 Å². The number of pyridine rings is 1. The summed E-state index contributed by atoms with van der Waals surface area (Å²) in [6.45, 7) is 4.63. The molecule has 2 fully saturated rings. The van der Waals surface area contributed by atoms with Gasteiger partial charge in [0, 0.05) is 37.8 Å². The lowest BCUT2D eigenvalue weighted by Gasteiger charge is -2.39. The predicted octanol–water partition coefficient (Wildman–Crippen LogP) is 6.49. The summed E-state index contributed by atoms with van der Waals surface area (Å²) < 4.78 is 75.0. The number of benzene rings is 1. The molecule has 6 rings (SSSR count). The largest absolute Gasteiger partial charge is 0.497 e. The molecule has 0 aliphatic carbocycles. The van der Waals surface area contributed by atoms with E-state index in [2.05, 4.69) is 21.4 Å². The van der Waals surface area contributed by atoms with Crippen LogP contribution in [0.2, 0.25) is 0 Å². The van der Waals surface area contributed by atoms with Gasteiger partial charge in [0.2, 0.25) is 10.0 Å². The number of aromatic nitrogens is 3. The number of thiophene rings is 1. The number of fused-ring (bicyclic) bond motifs is 2. The third-order valence-electron chi connectivity index (χ3n) is 8.47. The molecule has 0 saturated carbocycles. The maximum absolute atomic E-state index is 13.2. The minimum absolute atomic E-state index is 0.0211. The molecule has 3 aromatic heterocycles. The van der Waals surface area contributed by atoms with E-state index in [1.165, 1.54) is 30.9 Å². The molecule has 9 nitrogen and oxygen atoms in total. The van der Waals surface area contributed by atoms with E-state index in [1.54, 1.807) is 19.4 Å². The van der Waals surface area contributed by atoms with Crippen molar-refractivity contribution in [2.24, 2.45) is 18.9 Å². The number of sulfonamides is 1. The Bertz CT molecular complexity index is 1870. The summed E-state index contributed by atoms with van der Waals surface area (Å²) in [4.78, 5) is 19.8. The van der Waals surface area contributed by atoms with Crippen LogP contribution in [0.4, 0.5) is 18.0 Å². The summed E-state index contributed by atoms with van der Waals surface area (Å²) in [6.07, 6.45) is 0.288. The van der Waals surface area contributed by atoms with Gasteiger partial charge in [-0.15, -0.1) is 17.9 Å². The molecule has 238 valence electrons. The smallest absolute Gasteiger partial charge is 0.433 e. The Hall–Kier alpha value is -3.40. The normalized spacial score (nSPS) is 21.2. The maximum atomic E-state index is 13.2. The van der Waals surface area contributed by atoms with Gasteiger partial charge in [0.05, 0.1) is 22.8 Å². The second kappa shape index (κ2) is 12.1. The van der Waals surface area contributed by atoms with Gasteiger partial charge >= 0.3 is 6.18 Å². The van der Waals surface area contributed by atoms with Crippen molar-refractivity contribution in [3.63, 3.8) is 0 Å². The van der Waals surface area contributed by atoms with Crippen LogP contribution < -0.4 is 9.46 Å². The highest BCUT2D eigenvalue weighted by Crippen LogP contribution is 2.50. The van der Waals surface area contributed by atoms with Crippen molar-refractivity contribution in [3.05, 3.63) is 72.6 Å². The number of amides is 1. The van der Waals surface area contributed by atoms with E-state index in [0.29, 0.717) is 30.0 Å². The van der Waals surface area contributed by atoms with Crippen LogP contribution in [0.25, 0.3) is 21.5 Å². The van der Waals surface area contributed by atoms with Crippen LogP contribution in [0.1, 0.15) is 29.3 Å². The number of ether oxygens (including phenoxy) is 1. The van der Waals surface area contributed by atoms with Crippen LogP contribution >= 0.6 is 23.1 Å². The summed E-state index contributed by atoms with van der Waals surface area (Å²) in [5.41, 5.74) is 0.942. The van der Waals surface area contributed by atoms with Gasteiger partial charge in [-0.05, 0) is 72.7 Å². The molecule has 4 atom stereocenters. The Balaban J connectivity index is 1.17. The number of halogens is 3. The van der Waals surface area contributed by atoms with Crippen LogP contribution in [-0.2, 0) is 23.2 Å². The lowest BCUT2D eigenvalue weighted by Crippen LogP contribution is -2.44. The Morgan fingerprint density at radius 3 is 2.73 bits per heavy atom. The molecule has 0 radical (unpaired) electrons. The van der Waals surface area contributed by atoms with Gasteiger partial charge in [-0.2, -0.15) is 18.3 Å². The standard InChI is InChI=1S/C30H30F3N5O4S3/c1-4-17(16-35-45(40,41)27-8-7-25(43-27)23-15-26(30(31,32)33)37(2)36-23)18-10-12-38-24(13-18)28(44-29(38)39)20-9-11-34-22-6-5-19(42-3)14-21(20)22/h4-9,11,14-15,17-18,24,28,35H,1,10,12-13,16H2,2-3H3/t17-,18-,24-,28-/m0/s1. The molecule has 1 aromatic carbocycles. The lowest BCUT2D eigenvalue weighted by atomic mass is 9.79. The minimum Gasteiger partial charge on any atom is -0.497 e. The number of hydrogen-bond donors (Lipinski definition) is 1. The molecule has 15 heteroatoms. The summed E-state index contributed by atoms with van der Waals surface area (Å²) >= 11 is 2.16. The topological polar surface area (TPSA) is 106 Å². The van der Waals surface area contributed by atoms with Gasteiger partial charge < -0.3 is 9.64 Å². The van der Waals surface area contributed by atoms with Crippen molar-refractivity contribution in [2.45, 2.75) is 34.5 Å². The highest BCUT2D eigenvalue weighted by Gasteiger charge is 2.46. The quantitative estimate of drug-likeness (QED) is 0.202. The van der Waals surface area contributed by atoms with Crippen molar-refractivity contribution in [1.82, 2.24) is 24.4 Å². The predicted molar refractivity (Wildman–Crippen MR) is 168 cm³/mol. The first-order valence-corrected chi connectivity index (χ1v) is 17.3. The monoisotopic (exact) mass is 677 g/mol. The summed E-state index contributed by atoms with van der Waals surface area (Å²) in [5.74, 6) is 0.561. The number of piperidine rings is 1. The number of alkyl halides is 3. The number of thioether (sulfide) groups is 1. The molecule has 1 N–H and O–H groups in total. The minimum atomic E-state index is -4.58. The second-order valence-electron chi connectivity index (χ2n) is 11.0. The highest BCUT2D eigenvalue weighted by molar-refractivity contribution is 8.14. The van der Waals surface area contributed by atoms with Crippen LogP contribution in [0, 0.1) is 11.8 Å². The summed E-state index contributed by atoms with van der Waals surface area (Å²) in [6, 6.07) is 11.3. The van der Waals surface area contributed by atoms with E-state index in [0.717, 1.165) is 38.6 Å². The van der Waals surface area contributed by atoms with E-state index in [4.69, 9.17) is 4.74 Å². The number of carbonyl (C=O) groups is 1. The van der Waals surface area contributed by atoms with Crippen molar-refractivity contribution in [2.75, 3.05) is 20.2 Å². The lowest BCUT2D eigenvalue weighted by molar-refractivity contribution is -0.143. The Labute approximate surface area is 266 Å². The van der Waals surface area contributed by atoms with Crippen LogP contribution in [0.3, 0.4) is 0 Å². The van der Waals surface area contributed by atoms with Gasteiger partial charge in [0.1, 0.15) is 21.3 Å². The number of methoxy groups -OCH3 is 1. The molecule has 4 aromatic rings. The molecule has 5 heterocycles. The first-order chi connectivity index (χ1) is 21.4. The first kappa shape index (κ1) is 31.6. The van der Waals surface area contributed by atoms with E-state index in [-0.39, 0.29) is 44.8 Å². The molecule has 0 bridgehead atoms. The zero-order chi connectivity index (χ0) is 32.1. The first-order valence-electron chi connectivity index (χ1n) is 14.1. The van der Waals surface area contributed by atoms with Gasteiger partial charge in [-0.1, -0.05) is 17.8 Å². The van der Waals surface area contributed by atoms with Crippen molar-refractivity contribution >= 4 is 49.3 Å². The van der Waals surface area contributed by atoms with E-state index < -0.39 is 21.9 Å². The fraction of sp³-hybridized carbons (Fsp3) is 0.367. The molecule has 1 amide bonds. The van der Waals surface area contributed by atoms with E-state index in [9.17, 15) is 26.4 Å². The van der Waals surface area contributed by atoms with E-state index in [1.807, 2.05) is 29.2 Å². The van der Waals surface area contributed by atoms with Crippen molar-refractivity contribution in [3.8, 4) is 16.3 Å². The average Bonchev–Trinajstić information content (AvgIpc) is 3.74. The molecular formula is C30H30F3N5O4S3. The Morgan fingerprint density at radius 2 is 2.02 bits per heavy atom. The van der Waals surface area contributed by atoms with Crippen LogP contribution in [-0.4, -0.2) is 59.6 Å². The Morgan fingerprint density at radius 1 is 1.22 bits per heavy atom. The molecule has 2 aliphatic rings. The average molecular weight is 678 g/mol. The fourth-order valence-electron chi connectivity index (χ4n) is 6.15. The third-order valence-corrected chi connectivity index (χ3v) is 12.8. The number of carbonyl (C=O) groups excluding carboxylic acids is 1. The molecule has 2 saturated heterocycles. The summed E-state index contributed by atoms with van der Waals surface area (Å²) in [7, 11) is -1.16. The fourth-order valence-corrected chi connectivity index (χ4v) is 9.86. The van der Waals surface area contributed by atoms with Gasteiger partial charge in [-0.25, -0.2) is 13.1 Å². The number of nitrogens with zero attached hydrogens (tertiary/aromatic N) is 4. The number of nitrogens with one attached hydrogen (secondary N) is 1. The SMILES string of the molecule is C=C[C@@H](CNS(=O)(=O)c1ccc(-c2cc(C(F)(F)F)n(C)n2)s1)[C@H]1CCN2C(=O)S[C@@H](c3ccnc4ccc(OC)cc34)[C@@H]2C1. The highest BCUT2D eigenvalue weighted by atomic mass is 32.2. The van der Waals surface area contributed by atoms with Gasteiger partial charge in [0.25, 0.3) is 5.24 Å². The second-order valence-corrected chi connectivity index (χ2v) is 15.2. The zero-order valence-electron chi connectivity index (χ0n) is 24.3. The molecule has 45 heavy (non-hydrogen) atoms. The van der Waals surface area contributed by atoms with Crippen LogP contribution in [0.5, 0.6) is 5.75 Å². The Kier molecular flexibility index (Phi) is 8.48. The van der Waals surface area contributed by atoms with Crippen molar-refractivity contribution < 1.29 is 31.1 Å².